The normalized spacial score (nSPS) is 15.4. The van der Waals surface area contributed by atoms with Gasteiger partial charge in [0.25, 0.3) is 0 Å². The zero-order chi connectivity index (χ0) is 15.3. The maximum Gasteiger partial charge on any atom is 0.416 e. The van der Waals surface area contributed by atoms with Gasteiger partial charge in [0.05, 0.1) is 5.56 Å². The molecule has 0 spiro atoms. The van der Waals surface area contributed by atoms with Crippen molar-refractivity contribution in [3.05, 3.63) is 35.4 Å². The maximum absolute atomic E-state index is 13.0. The molecule has 0 heterocycles. The van der Waals surface area contributed by atoms with Crippen molar-refractivity contribution < 1.29 is 13.2 Å². The third-order valence-electron chi connectivity index (χ3n) is 3.63. The monoisotopic (exact) mass is 287 g/mol. The third-order valence-corrected chi connectivity index (χ3v) is 3.63. The Balaban J connectivity index is 2.79. The summed E-state index contributed by atoms with van der Waals surface area (Å²) in [6.07, 6.45) is -4.28. The molecule has 0 fully saturated rings. The number of hydrogen-bond donors (Lipinski definition) is 1. The lowest BCUT2D eigenvalue weighted by Gasteiger charge is -2.24. The van der Waals surface area contributed by atoms with Gasteiger partial charge in [0.2, 0.25) is 0 Å². The van der Waals surface area contributed by atoms with Gasteiger partial charge in [0, 0.05) is 0 Å². The lowest BCUT2D eigenvalue weighted by atomic mass is 9.86. The van der Waals surface area contributed by atoms with Crippen LogP contribution < -0.4 is 5.32 Å². The summed E-state index contributed by atoms with van der Waals surface area (Å²) < 4.78 is 39.0. The van der Waals surface area contributed by atoms with Gasteiger partial charge in [-0.2, -0.15) is 13.2 Å². The van der Waals surface area contributed by atoms with Crippen molar-refractivity contribution in [1.29, 1.82) is 0 Å². The molecule has 0 aromatic heterocycles. The van der Waals surface area contributed by atoms with Crippen molar-refractivity contribution in [2.24, 2.45) is 11.8 Å². The van der Waals surface area contributed by atoms with Crippen molar-refractivity contribution >= 4 is 0 Å². The first-order valence-corrected chi connectivity index (χ1v) is 7.10. The van der Waals surface area contributed by atoms with Gasteiger partial charge in [-0.1, -0.05) is 45.9 Å². The standard InChI is InChI=1S/C16H24F3N/c1-11(2)9-20-10-12(3)13(4)14-7-5-6-8-15(14)16(17,18)19/h5-8,11-13,20H,9-10H2,1-4H3. The fraction of sp³-hybridized carbons (Fsp3) is 0.625. The van der Waals surface area contributed by atoms with E-state index in [9.17, 15) is 13.2 Å². The molecule has 0 aliphatic rings. The van der Waals surface area contributed by atoms with E-state index in [1.807, 2.05) is 13.8 Å². The number of nitrogens with one attached hydrogen (secondary N) is 1. The summed E-state index contributed by atoms with van der Waals surface area (Å²) in [5.74, 6) is 0.560. The molecule has 0 saturated carbocycles. The number of alkyl halides is 3. The Hall–Kier alpha value is -1.03. The molecule has 0 bridgehead atoms. The molecular formula is C16H24F3N. The molecule has 1 aromatic rings. The summed E-state index contributed by atoms with van der Waals surface area (Å²) in [6, 6.07) is 5.88. The largest absolute Gasteiger partial charge is 0.416 e. The van der Waals surface area contributed by atoms with Gasteiger partial charge >= 0.3 is 6.18 Å². The van der Waals surface area contributed by atoms with E-state index in [2.05, 4.69) is 19.2 Å². The molecule has 0 aliphatic carbocycles. The quantitative estimate of drug-likeness (QED) is 0.800. The van der Waals surface area contributed by atoms with E-state index in [1.165, 1.54) is 12.1 Å². The highest BCUT2D eigenvalue weighted by atomic mass is 19.4. The number of halogens is 3. The van der Waals surface area contributed by atoms with Gasteiger partial charge in [0.1, 0.15) is 0 Å². The van der Waals surface area contributed by atoms with Crippen LogP contribution in [0.2, 0.25) is 0 Å². The van der Waals surface area contributed by atoms with Crippen molar-refractivity contribution in [1.82, 2.24) is 5.32 Å². The first-order valence-electron chi connectivity index (χ1n) is 7.10. The topological polar surface area (TPSA) is 12.0 Å². The lowest BCUT2D eigenvalue weighted by molar-refractivity contribution is -0.138. The summed E-state index contributed by atoms with van der Waals surface area (Å²) in [4.78, 5) is 0. The molecule has 0 aliphatic heterocycles. The molecule has 0 radical (unpaired) electrons. The number of hydrogen-bond acceptors (Lipinski definition) is 1. The Kier molecular flexibility index (Phi) is 6.06. The average Bonchev–Trinajstić information content (AvgIpc) is 2.36. The Labute approximate surface area is 119 Å². The fourth-order valence-electron chi connectivity index (χ4n) is 2.24. The lowest BCUT2D eigenvalue weighted by Crippen LogP contribution is -2.28. The predicted octanol–water partition coefficient (Wildman–Crippen LogP) is 4.69. The Morgan fingerprint density at radius 1 is 1.00 bits per heavy atom. The van der Waals surface area contributed by atoms with Crippen molar-refractivity contribution in [2.75, 3.05) is 13.1 Å². The molecule has 1 aromatic carbocycles. The van der Waals surface area contributed by atoms with Crippen LogP contribution in [0.1, 0.15) is 44.7 Å². The van der Waals surface area contributed by atoms with Crippen LogP contribution in [0.4, 0.5) is 13.2 Å². The molecule has 2 atom stereocenters. The number of benzene rings is 1. The minimum Gasteiger partial charge on any atom is -0.316 e. The van der Waals surface area contributed by atoms with E-state index >= 15 is 0 Å². The summed E-state index contributed by atoms with van der Waals surface area (Å²) >= 11 is 0. The van der Waals surface area contributed by atoms with Crippen molar-refractivity contribution in [2.45, 2.75) is 39.8 Å². The van der Waals surface area contributed by atoms with E-state index in [0.717, 1.165) is 13.1 Å². The zero-order valence-electron chi connectivity index (χ0n) is 12.6. The molecule has 0 saturated heterocycles. The summed E-state index contributed by atoms with van der Waals surface area (Å²) in [5.41, 5.74) is -0.123. The van der Waals surface area contributed by atoms with Crippen LogP contribution in [0.3, 0.4) is 0 Å². The van der Waals surface area contributed by atoms with Gasteiger partial charge in [-0.15, -0.1) is 0 Å². The molecular weight excluding hydrogens is 263 g/mol. The SMILES string of the molecule is CC(C)CNCC(C)C(C)c1ccccc1C(F)(F)F. The smallest absolute Gasteiger partial charge is 0.316 e. The second kappa shape index (κ2) is 7.11. The second-order valence-corrected chi connectivity index (χ2v) is 5.90. The minimum atomic E-state index is -4.28. The maximum atomic E-state index is 13.0. The molecule has 1 N–H and O–H groups in total. The molecule has 2 unspecified atom stereocenters. The van der Waals surface area contributed by atoms with Crippen LogP contribution in [0.15, 0.2) is 24.3 Å². The Morgan fingerprint density at radius 2 is 1.60 bits per heavy atom. The van der Waals surface area contributed by atoms with Crippen LogP contribution >= 0.6 is 0 Å². The van der Waals surface area contributed by atoms with Gasteiger partial charge in [0.15, 0.2) is 0 Å². The average molecular weight is 287 g/mol. The van der Waals surface area contributed by atoms with Gasteiger partial charge in [-0.3, -0.25) is 0 Å². The summed E-state index contributed by atoms with van der Waals surface area (Å²) in [5, 5.41) is 3.31. The Morgan fingerprint density at radius 3 is 2.15 bits per heavy atom. The van der Waals surface area contributed by atoms with Crippen LogP contribution in [0.5, 0.6) is 0 Å². The minimum absolute atomic E-state index is 0.132. The highest BCUT2D eigenvalue weighted by molar-refractivity contribution is 5.32. The van der Waals surface area contributed by atoms with Gasteiger partial charge in [-0.05, 0) is 42.5 Å². The summed E-state index contributed by atoms with van der Waals surface area (Å²) in [6.45, 7) is 9.70. The van der Waals surface area contributed by atoms with Gasteiger partial charge in [-0.25, -0.2) is 0 Å². The van der Waals surface area contributed by atoms with E-state index < -0.39 is 11.7 Å². The second-order valence-electron chi connectivity index (χ2n) is 5.90. The summed E-state index contributed by atoms with van der Waals surface area (Å²) in [7, 11) is 0. The molecule has 1 rings (SSSR count). The molecule has 4 heteroatoms. The molecule has 0 amide bonds. The third kappa shape index (κ3) is 4.82. The highest BCUT2D eigenvalue weighted by Gasteiger charge is 2.34. The van der Waals surface area contributed by atoms with Crippen molar-refractivity contribution in [3.63, 3.8) is 0 Å². The highest BCUT2D eigenvalue weighted by Crippen LogP contribution is 2.37. The first-order chi connectivity index (χ1) is 9.23. The fourth-order valence-corrected chi connectivity index (χ4v) is 2.24. The van der Waals surface area contributed by atoms with Crippen LogP contribution in [-0.4, -0.2) is 13.1 Å². The Bertz CT molecular complexity index is 412. The molecule has 20 heavy (non-hydrogen) atoms. The molecule has 1 nitrogen and oxygen atoms in total. The van der Waals surface area contributed by atoms with E-state index in [4.69, 9.17) is 0 Å². The predicted molar refractivity (Wildman–Crippen MR) is 76.7 cm³/mol. The molecule has 114 valence electrons. The number of rotatable bonds is 6. The van der Waals surface area contributed by atoms with E-state index in [0.29, 0.717) is 11.5 Å². The zero-order valence-corrected chi connectivity index (χ0v) is 12.6. The van der Waals surface area contributed by atoms with Gasteiger partial charge < -0.3 is 5.32 Å². The van der Waals surface area contributed by atoms with E-state index in [-0.39, 0.29) is 11.8 Å². The van der Waals surface area contributed by atoms with Crippen LogP contribution in [0.25, 0.3) is 0 Å². The van der Waals surface area contributed by atoms with Crippen molar-refractivity contribution in [3.8, 4) is 0 Å². The van der Waals surface area contributed by atoms with E-state index in [1.54, 1.807) is 12.1 Å². The van der Waals surface area contributed by atoms with Crippen LogP contribution in [0, 0.1) is 11.8 Å². The first kappa shape index (κ1) is 17.0. The van der Waals surface area contributed by atoms with Crippen LogP contribution in [-0.2, 0) is 6.18 Å².